The highest BCUT2D eigenvalue weighted by atomic mass is 35.5. The summed E-state index contributed by atoms with van der Waals surface area (Å²) in [6, 6.07) is 10.9. The third-order valence-corrected chi connectivity index (χ3v) is 4.53. The second-order valence-electron chi connectivity index (χ2n) is 5.73. The number of hydrogen-bond acceptors (Lipinski definition) is 6. The van der Waals surface area contributed by atoms with E-state index in [1.165, 1.54) is 12.3 Å². The molecule has 132 valence electrons. The molecule has 1 aromatic heterocycles. The van der Waals surface area contributed by atoms with Crippen LogP contribution in [0.15, 0.2) is 42.6 Å². The first-order valence-corrected chi connectivity index (χ1v) is 8.43. The van der Waals surface area contributed by atoms with Crippen molar-refractivity contribution in [2.24, 2.45) is 0 Å². The van der Waals surface area contributed by atoms with E-state index < -0.39 is 4.92 Å². The van der Waals surface area contributed by atoms with Gasteiger partial charge in [-0.1, -0.05) is 29.8 Å². The Bertz CT molecular complexity index is 720. The number of benzene rings is 1. The number of ether oxygens (including phenoxy) is 1. The Hall–Kier alpha value is -2.22. The second-order valence-corrected chi connectivity index (χ2v) is 6.13. The van der Waals surface area contributed by atoms with Crippen LogP contribution in [0.5, 0.6) is 0 Å². The highest BCUT2D eigenvalue weighted by molar-refractivity contribution is 6.31. The first-order chi connectivity index (χ1) is 12.1. The number of morpholine rings is 1. The van der Waals surface area contributed by atoms with Gasteiger partial charge in [0.1, 0.15) is 12.0 Å². The van der Waals surface area contributed by atoms with E-state index in [4.69, 9.17) is 16.3 Å². The van der Waals surface area contributed by atoms with Gasteiger partial charge < -0.3 is 10.1 Å². The monoisotopic (exact) mass is 362 g/mol. The molecule has 3 rings (SSSR count). The maximum atomic E-state index is 10.7. The molecule has 1 aromatic carbocycles. The number of pyridine rings is 1. The highest BCUT2D eigenvalue weighted by Crippen LogP contribution is 2.28. The van der Waals surface area contributed by atoms with E-state index in [-0.39, 0.29) is 11.7 Å². The van der Waals surface area contributed by atoms with Gasteiger partial charge in [0.25, 0.3) is 5.69 Å². The lowest BCUT2D eigenvalue weighted by atomic mass is 10.0. The number of hydrogen-bond donors (Lipinski definition) is 1. The fraction of sp³-hybridized carbons (Fsp3) is 0.353. The van der Waals surface area contributed by atoms with Crippen LogP contribution in [0, 0.1) is 10.1 Å². The fourth-order valence-electron chi connectivity index (χ4n) is 2.87. The van der Waals surface area contributed by atoms with E-state index >= 15 is 0 Å². The molecule has 1 atom stereocenters. The highest BCUT2D eigenvalue weighted by Gasteiger charge is 2.24. The van der Waals surface area contributed by atoms with E-state index in [0.717, 1.165) is 23.7 Å². The predicted octanol–water partition coefficient (Wildman–Crippen LogP) is 3.13. The minimum atomic E-state index is -0.461. The van der Waals surface area contributed by atoms with Gasteiger partial charge in [-0.25, -0.2) is 4.98 Å². The molecule has 1 N–H and O–H groups in total. The summed E-state index contributed by atoms with van der Waals surface area (Å²) in [5.74, 6) is 0.593. The quantitative estimate of drug-likeness (QED) is 0.628. The molecular formula is C17H19ClN4O3. The van der Waals surface area contributed by atoms with Crippen molar-refractivity contribution >= 4 is 23.1 Å². The zero-order chi connectivity index (χ0) is 17.6. The molecule has 0 amide bonds. The van der Waals surface area contributed by atoms with Crippen LogP contribution in [0.25, 0.3) is 0 Å². The van der Waals surface area contributed by atoms with Crippen molar-refractivity contribution in [1.82, 2.24) is 9.88 Å². The van der Waals surface area contributed by atoms with Crippen molar-refractivity contribution in [3.05, 3.63) is 63.3 Å². The molecule has 1 unspecified atom stereocenters. The molecule has 7 nitrogen and oxygen atoms in total. The Morgan fingerprint density at radius 3 is 2.68 bits per heavy atom. The van der Waals surface area contributed by atoms with Gasteiger partial charge in [0.05, 0.1) is 24.2 Å². The number of rotatable bonds is 6. The predicted molar refractivity (Wildman–Crippen MR) is 96.0 cm³/mol. The van der Waals surface area contributed by atoms with Crippen LogP contribution in [-0.4, -0.2) is 47.7 Å². The molecule has 0 radical (unpaired) electrons. The lowest BCUT2D eigenvalue weighted by Gasteiger charge is -2.35. The third kappa shape index (κ3) is 4.45. The Morgan fingerprint density at radius 1 is 1.28 bits per heavy atom. The van der Waals surface area contributed by atoms with Crippen LogP contribution in [-0.2, 0) is 4.74 Å². The van der Waals surface area contributed by atoms with Gasteiger partial charge in [0, 0.05) is 30.7 Å². The largest absolute Gasteiger partial charge is 0.379 e. The molecule has 2 aromatic rings. The van der Waals surface area contributed by atoms with Crippen LogP contribution in [0.2, 0.25) is 5.02 Å². The molecule has 1 saturated heterocycles. The number of nitrogens with zero attached hydrogens (tertiary/aromatic N) is 3. The lowest BCUT2D eigenvalue weighted by Crippen LogP contribution is -2.41. The first-order valence-electron chi connectivity index (χ1n) is 8.05. The van der Waals surface area contributed by atoms with Gasteiger partial charge in [-0.2, -0.15) is 0 Å². The molecule has 0 bridgehead atoms. The summed E-state index contributed by atoms with van der Waals surface area (Å²) in [6.45, 7) is 3.62. The van der Waals surface area contributed by atoms with Gasteiger partial charge in [-0.3, -0.25) is 15.0 Å². The standard InChI is InChI=1S/C17H19ClN4O3/c18-15-4-2-1-3-14(15)16(21-7-9-25-10-8-21)12-20-17-6-5-13(11-19-17)22(23)24/h1-6,11,16H,7-10,12H2,(H,19,20). The molecule has 2 heterocycles. The van der Waals surface area contributed by atoms with Crippen molar-refractivity contribution in [3.8, 4) is 0 Å². The smallest absolute Gasteiger partial charge is 0.287 e. The Kier molecular flexibility index (Phi) is 5.80. The second kappa shape index (κ2) is 8.24. The van der Waals surface area contributed by atoms with Crippen molar-refractivity contribution in [1.29, 1.82) is 0 Å². The van der Waals surface area contributed by atoms with Crippen molar-refractivity contribution < 1.29 is 9.66 Å². The number of nitro groups is 1. The Labute approximate surface area is 150 Å². The molecular weight excluding hydrogens is 344 g/mol. The van der Waals surface area contributed by atoms with Gasteiger partial charge >= 0.3 is 0 Å². The topological polar surface area (TPSA) is 80.5 Å². The summed E-state index contributed by atoms with van der Waals surface area (Å²) < 4.78 is 5.44. The molecule has 0 aliphatic carbocycles. The molecule has 1 fully saturated rings. The molecule has 0 spiro atoms. The molecule has 25 heavy (non-hydrogen) atoms. The van der Waals surface area contributed by atoms with Crippen LogP contribution in [0.3, 0.4) is 0 Å². The summed E-state index contributed by atoms with van der Waals surface area (Å²) in [6.07, 6.45) is 1.25. The zero-order valence-corrected chi connectivity index (χ0v) is 14.4. The minimum absolute atomic E-state index is 0.0265. The van der Waals surface area contributed by atoms with Gasteiger partial charge in [0.15, 0.2) is 0 Å². The van der Waals surface area contributed by atoms with Gasteiger partial charge in [0.2, 0.25) is 0 Å². The Balaban J connectivity index is 1.75. The molecule has 8 heteroatoms. The average Bonchev–Trinajstić information content (AvgIpc) is 2.64. The van der Waals surface area contributed by atoms with E-state index in [2.05, 4.69) is 15.2 Å². The van der Waals surface area contributed by atoms with E-state index in [9.17, 15) is 10.1 Å². The fourth-order valence-corrected chi connectivity index (χ4v) is 3.13. The maximum Gasteiger partial charge on any atom is 0.287 e. The van der Waals surface area contributed by atoms with E-state index in [1.54, 1.807) is 6.07 Å². The minimum Gasteiger partial charge on any atom is -0.379 e. The van der Waals surface area contributed by atoms with Gasteiger partial charge in [-0.05, 0) is 17.7 Å². The van der Waals surface area contributed by atoms with Crippen LogP contribution < -0.4 is 5.32 Å². The molecule has 1 aliphatic rings. The summed E-state index contributed by atoms with van der Waals surface area (Å²) in [5.41, 5.74) is 1.02. The molecule has 0 saturated carbocycles. The lowest BCUT2D eigenvalue weighted by molar-refractivity contribution is -0.385. The normalized spacial score (nSPS) is 16.4. The van der Waals surface area contributed by atoms with Crippen LogP contribution in [0.1, 0.15) is 11.6 Å². The summed E-state index contributed by atoms with van der Waals surface area (Å²) in [5, 5.41) is 14.7. The van der Waals surface area contributed by atoms with Crippen LogP contribution in [0.4, 0.5) is 11.5 Å². The third-order valence-electron chi connectivity index (χ3n) is 4.19. The summed E-state index contributed by atoms with van der Waals surface area (Å²) in [7, 11) is 0. The SMILES string of the molecule is O=[N+]([O-])c1ccc(NCC(c2ccccc2Cl)N2CCOCC2)nc1. The number of anilines is 1. The van der Waals surface area contributed by atoms with Crippen molar-refractivity contribution in [3.63, 3.8) is 0 Å². The maximum absolute atomic E-state index is 10.7. The number of nitrogens with one attached hydrogen (secondary N) is 1. The van der Waals surface area contributed by atoms with E-state index in [0.29, 0.717) is 25.6 Å². The summed E-state index contributed by atoms with van der Waals surface area (Å²) >= 11 is 6.40. The number of aromatic nitrogens is 1. The van der Waals surface area contributed by atoms with E-state index in [1.807, 2.05) is 24.3 Å². The van der Waals surface area contributed by atoms with Gasteiger partial charge in [-0.15, -0.1) is 0 Å². The van der Waals surface area contributed by atoms with Crippen molar-refractivity contribution in [2.45, 2.75) is 6.04 Å². The van der Waals surface area contributed by atoms with Crippen molar-refractivity contribution in [2.75, 3.05) is 38.2 Å². The molecule has 1 aliphatic heterocycles. The first kappa shape index (κ1) is 17.6. The Morgan fingerprint density at radius 2 is 2.04 bits per heavy atom. The average molecular weight is 363 g/mol. The number of halogens is 1. The summed E-state index contributed by atoms with van der Waals surface area (Å²) in [4.78, 5) is 16.7. The zero-order valence-electron chi connectivity index (χ0n) is 13.6. The van der Waals surface area contributed by atoms with Crippen LogP contribution >= 0.6 is 11.6 Å².